The Labute approximate surface area is 98.3 Å². The number of hydrogen-bond donors (Lipinski definition) is 3. The highest BCUT2D eigenvalue weighted by Crippen LogP contribution is 2.24. The lowest BCUT2D eigenvalue weighted by Gasteiger charge is -2.03. The molecular weight excluding hydrogens is 218 g/mol. The first-order chi connectivity index (χ1) is 8.11. The molecule has 0 saturated carbocycles. The van der Waals surface area contributed by atoms with Gasteiger partial charge in [0.05, 0.1) is 12.8 Å². The fourth-order valence-corrected chi connectivity index (χ4v) is 1.63. The third kappa shape index (κ3) is 2.10. The number of hydrogen-bond acceptors (Lipinski definition) is 3. The van der Waals surface area contributed by atoms with E-state index in [-0.39, 0.29) is 5.96 Å². The van der Waals surface area contributed by atoms with Crippen LogP contribution in [0.4, 0.5) is 5.95 Å². The highest BCUT2D eigenvalue weighted by Gasteiger charge is 2.12. The summed E-state index contributed by atoms with van der Waals surface area (Å²) in [5, 5.41) is 0.936. The van der Waals surface area contributed by atoms with E-state index in [4.69, 9.17) is 16.2 Å². The molecule has 0 aliphatic carbocycles. The molecule has 0 spiro atoms. The number of ether oxygens (including phenoxy) is 1. The predicted molar refractivity (Wildman–Crippen MR) is 64.8 cm³/mol. The van der Waals surface area contributed by atoms with E-state index in [2.05, 4.69) is 15.0 Å². The zero-order valence-corrected chi connectivity index (χ0v) is 9.69. The summed E-state index contributed by atoms with van der Waals surface area (Å²) in [6, 6.07) is 5.68. The first-order valence-corrected chi connectivity index (χ1v) is 5.08. The van der Waals surface area contributed by atoms with Gasteiger partial charge in [0.15, 0.2) is 11.3 Å². The van der Waals surface area contributed by atoms with Gasteiger partial charge in [0, 0.05) is 5.39 Å². The molecule has 0 unspecified atom stereocenters. The van der Waals surface area contributed by atoms with Gasteiger partial charge in [0.2, 0.25) is 0 Å². The Morgan fingerprint density at radius 3 is 2.71 bits per heavy atom. The van der Waals surface area contributed by atoms with Gasteiger partial charge in [-0.3, -0.25) is 0 Å². The first-order valence-electron chi connectivity index (χ1n) is 5.08. The second-order valence-electron chi connectivity index (χ2n) is 3.57. The zero-order chi connectivity index (χ0) is 12.4. The van der Waals surface area contributed by atoms with E-state index in [9.17, 15) is 0 Å². The lowest BCUT2D eigenvalue weighted by atomic mass is 10.2. The number of guanidine groups is 1. The number of benzene rings is 1. The molecule has 1 aromatic heterocycles. The van der Waals surface area contributed by atoms with Gasteiger partial charge >= 0.3 is 5.95 Å². The maximum absolute atomic E-state index is 5.36. The van der Waals surface area contributed by atoms with Crippen molar-refractivity contribution in [2.24, 2.45) is 11.5 Å². The van der Waals surface area contributed by atoms with E-state index < -0.39 is 0 Å². The van der Waals surface area contributed by atoms with Gasteiger partial charge in [-0.15, -0.1) is 9.97 Å². The van der Waals surface area contributed by atoms with Crippen LogP contribution in [-0.4, -0.2) is 23.0 Å². The number of rotatable bonds is 2. The van der Waals surface area contributed by atoms with Crippen molar-refractivity contribution in [1.82, 2.24) is 9.97 Å². The molecule has 2 rings (SSSR count). The Bertz CT molecular complexity index is 590. The highest BCUT2D eigenvalue weighted by molar-refractivity contribution is 5.86. The molecule has 6 nitrogen and oxygen atoms in total. The minimum Gasteiger partial charge on any atom is -0.494 e. The maximum Gasteiger partial charge on any atom is 0.354 e. The van der Waals surface area contributed by atoms with Crippen molar-refractivity contribution in [2.45, 2.75) is 6.92 Å². The normalized spacial score (nSPS) is 10.2. The SMILES string of the molecule is COc1cccc2c(C)nc([NH+]=C(N)N)nc12. The third-order valence-corrected chi connectivity index (χ3v) is 2.36. The number of para-hydroxylation sites is 1. The van der Waals surface area contributed by atoms with Crippen molar-refractivity contribution in [2.75, 3.05) is 7.11 Å². The lowest BCUT2D eigenvalue weighted by molar-refractivity contribution is -0.366. The summed E-state index contributed by atoms with van der Waals surface area (Å²) < 4.78 is 5.26. The molecule has 88 valence electrons. The van der Waals surface area contributed by atoms with E-state index >= 15 is 0 Å². The van der Waals surface area contributed by atoms with Crippen molar-refractivity contribution in [3.63, 3.8) is 0 Å². The Balaban J connectivity index is 2.74. The van der Waals surface area contributed by atoms with Crippen molar-refractivity contribution in [1.29, 1.82) is 0 Å². The van der Waals surface area contributed by atoms with E-state index in [0.29, 0.717) is 11.7 Å². The van der Waals surface area contributed by atoms with Crippen LogP contribution in [0.15, 0.2) is 18.2 Å². The Morgan fingerprint density at radius 1 is 1.29 bits per heavy atom. The van der Waals surface area contributed by atoms with Crippen LogP contribution in [0.25, 0.3) is 10.9 Å². The Hall–Kier alpha value is -2.37. The summed E-state index contributed by atoms with van der Waals surface area (Å²) in [6.45, 7) is 1.89. The molecule has 0 amide bonds. The summed E-state index contributed by atoms with van der Waals surface area (Å²) in [5.74, 6) is 1.10. The molecule has 1 aromatic carbocycles. The van der Waals surface area contributed by atoms with E-state index in [1.165, 1.54) is 0 Å². The number of nitrogens with two attached hydrogens (primary N) is 2. The third-order valence-electron chi connectivity index (χ3n) is 2.36. The zero-order valence-electron chi connectivity index (χ0n) is 9.69. The van der Waals surface area contributed by atoms with Crippen LogP contribution < -0.4 is 21.2 Å². The van der Waals surface area contributed by atoms with Crippen LogP contribution in [0.1, 0.15) is 5.69 Å². The molecule has 0 aliphatic rings. The first kappa shape index (κ1) is 11.1. The number of aryl methyl sites for hydroxylation is 1. The second-order valence-corrected chi connectivity index (χ2v) is 3.57. The van der Waals surface area contributed by atoms with E-state index in [1.807, 2.05) is 25.1 Å². The monoisotopic (exact) mass is 232 g/mol. The fraction of sp³-hybridized carbons (Fsp3) is 0.182. The predicted octanol–water partition coefficient (Wildman–Crippen LogP) is -1.07. The van der Waals surface area contributed by atoms with Gasteiger partial charge in [-0.1, -0.05) is 6.07 Å². The van der Waals surface area contributed by atoms with Crippen LogP contribution >= 0.6 is 0 Å². The smallest absolute Gasteiger partial charge is 0.354 e. The minimum atomic E-state index is 0.0543. The molecule has 0 aliphatic heterocycles. The molecule has 2 aromatic rings. The van der Waals surface area contributed by atoms with Crippen molar-refractivity contribution < 1.29 is 9.73 Å². The van der Waals surface area contributed by atoms with Crippen LogP contribution in [0.5, 0.6) is 5.75 Å². The molecule has 0 bridgehead atoms. The topological polar surface area (TPSA) is 101 Å². The summed E-state index contributed by atoms with van der Waals surface area (Å²) in [4.78, 5) is 11.3. The number of nitrogens with one attached hydrogen (secondary N) is 1. The number of methoxy groups -OCH3 is 1. The van der Waals surface area contributed by atoms with E-state index in [0.717, 1.165) is 16.6 Å². The summed E-state index contributed by atoms with van der Waals surface area (Å²) in [6.07, 6.45) is 0. The Kier molecular flexibility index (Phi) is 2.78. The average molecular weight is 232 g/mol. The average Bonchev–Trinajstić information content (AvgIpc) is 2.27. The fourth-order valence-electron chi connectivity index (χ4n) is 1.63. The molecule has 0 radical (unpaired) electrons. The maximum atomic E-state index is 5.36. The molecule has 5 N–H and O–H groups in total. The van der Waals surface area contributed by atoms with Gasteiger partial charge in [-0.05, 0) is 19.1 Å². The van der Waals surface area contributed by atoms with Crippen LogP contribution in [-0.2, 0) is 0 Å². The van der Waals surface area contributed by atoms with Gasteiger partial charge < -0.3 is 16.2 Å². The molecule has 17 heavy (non-hydrogen) atoms. The van der Waals surface area contributed by atoms with Crippen LogP contribution in [0, 0.1) is 6.92 Å². The van der Waals surface area contributed by atoms with Crippen molar-refractivity contribution in [3.8, 4) is 5.75 Å². The lowest BCUT2D eigenvalue weighted by Crippen LogP contribution is -2.73. The van der Waals surface area contributed by atoms with Gasteiger partial charge in [0.1, 0.15) is 0 Å². The highest BCUT2D eigenvalue weighted by atomic mass is 16.5. The molecule has 6 heteroatoms. The summed E-state index contributed by atoms with van der Waals surface area (Å²) >= 11 is 0. The van der Waals surface area contributed by atoms with E-state index in [1.54, 1.807) is 7.11 Å². The van der Waals surface area contributed by atoms with Gasteiger partial charge in [-0.2, -0.15) is 0 Å². The van der Waals surface area contributed by atoms with Crippen molar-refractivity contribution >= 4 is 22.8 Å². The number of aromatic nitrogens is 2. The molecule has 0 fully saturated rings. The summed E-state index contributed by atoms with van der Waals surface area (Å²) in [7, 11) is 1.60. The summed E-state index contributed by atoms with van der Waals surface area (Å²) in [5.41, 5.74) is 12.3. The molecular formula is C11H14N5O+. The largest absolute Gasteiger partial charge is 0.494 e. The van der Waals surface area contributed by atoms with Crippen LogP contribution in [0.3, 0.4) is 0 Å². The van der Waals surface area contributed by atoms with Crippen molar-refractivity contribution in [3.05, 3.63) is 23.9 Å². The molecule has 1 heterocycles. The standard InChI is InChI=1S/C11H13N5O/c1-6-7-4-3-5-8(17-2)9(7)15-11(14-6)16-10(12)13/h3-5H,1-2H3,(H4,12,13,14,15,16)/p+1. The minimum absolute atomic E-state index is 0.0543. The van der Waals surface area contributed by atoms with Gasteiger partial charge in [0.25, 0.3) is 5.96 Å². The Morgan fingerprint density at radius 2 is 2.06 bits per heavy atom. The number of fused-ring (bicyclic) bond motifs is 1. The molecule has 0 saturated heterocycles. The quantitative estimate of drug-likeness (QED) is 0.452. The van der Waals surface area contributed by atoms with Crippen LogP contribution in [0.2, 0.25) is 0 Å². The number of nitrogens with zero attached hydrogens (tertiary/aromatic N) is 2. The second kappa shape index (κ2) is 4.25. The van der Waals surface area contributed by atoms with Gasteiger partial charge in [-0.25, -0.2) is 4.99 Å². The molecule has 0 atom stereocenters.